The predicted octanol–water partition coefficient (Wildman–Crippen LogP) is 1.32. The number of rotatable bonds is 3. The number of hydrogen-bond donors (Lipinski definition) is 1. The Balaban J connectivity index is 1.98. The van der Waals surface area contributed by atoms with Crippen LogP contribution in [0.1, 0.15) is 4.88 Å². The maximum atomic E-state index is 5.53. The van der Waals surface area contributed by atoms with Crippen LogP contribution in [-0.2, 0) is 13.0 Å². The third-order valence-electron chi connectivity index (χ3n) is 1.76. The van der Waals surface area contributed by atoms with Crippen molar-refractivity contribution in [2.75, 3.05) is 5.73 Å². The van der Waals surface area contributed by atoms with Gasteiger partial charge in [0.05, 0.1) is 10.3 Å². The fraction of sp³-hybridized carbons (Fsp3) is 0.286. The SMILES string of the molecule is Nc1nnnn1CCc1ccc(Br)s1. The Kier molecular flexibility index (Phi) is 2.78. The van der Waals surface area contributed by atoms with E-state index in [1.807, 2.05) is 6.07 Å². The summed E-state index contributed by atoms with van der Waals surface area (Å²) >= 11 is 5.12. The predicted molar refractivity (Wildman–Crippen MR) is 58.0 cm³/mol. The number of tetrazole rings is 1. The first kappa shape index (κ1) is 9.60. The molecule has 2 aromatic rings. The summed E-state index contributed by atoms with van der Waals surface area (Å²) < 4.78 is 2.73. The average Bonchev–Trinajstić information content (AvgIpc) is 2.72. The standard InChI is InChI=1S/C7H8BrN5S/c8-6-2-1-5(14-6)3-4-13-7(9)10-11-12-13/h1-2H,3-4H2,(H2,9,10,12). The molecule has 5 nitrogen and oxygen atoms in total. The van der Waals surface area contributed by atoms with Gasteiger partial charge in [0.25, 0.3) is 0 Å². The summed E-state index contributed by atoms with van der Waals surface area (Å²) in [5, 5.41) is 10.8. The van der Waals surface area contributed by atoms with E-state index in [2.05, 4.69) is 37.5 Å². The zero-order chi connectivity index (χ0) is 9.97. The average molecular weight is 274 g/mol. The molecule has 0 radical (unpaired) electrons. The van der Waals surface area contributed by atoms with Gasteiger partial charge in [-0.15, -0.1) is 11.3 Å². The van der Waals surface area contributed by atoms with Gasteiger partial charge in [-0.05, 0) is 38.5 Å². The molecule has 0 atom stereocenters. The number of thiophene rings is 1. The zero-order valence-corrected chi connectivity index (χ0v) is 9.62. The van der Waals surface area contributed by atoms with Crippen LogP contribution >= 0.6 is 27.3 Å². The monoisotopic (exact) mass is 273 g/mol. The molecule has 0 aliphatic heterocycles. The maximum Gasteiger partial charge on any atom is 0.240 e. The number of nitrogens with zero attached hydrogens (tertiary/aromatic N) is 4. The van der Waals surface area contributed by atoms with Crippen LogP contribution in [-0.4, -0.2) is 20.2 Å². The minimum absolute atomic E-state index is 0.362. The second-order valence-corrected chi connectivity index (χ2v) is 5.26. The van der Waals surface area contributed by atoms with E-state index in [4.69, 9.17) is 5.73 Å². The van der Waals surface area contributed by atoms with E-state index in [1.54, 1.807) is 16.0 Å². The van der Waals surface area contributed by atoms with Gasteiger partial charge >= 0.3 is 0 Å². The molecule has 0 aromatic carbocycles. The highest BCUT2D eigenvalue weighted by Gasteiger charge is 2.02. The number of aromatic nitrogens is 4. The Morgan fingerprint density at radius 2 is 2.36 bits per heavy atom. The Morgan fingerprint density at radius 1 is 1.50 bits per heavy atom. The number of halogens is 1. The van der Waals surface area contributed by atoms with Gasteiger partial charge in [-0.2, -0.15) is 0 Å². The Morgan fingerprint density at radius 3 is 2.93 bits per heavy atom. The van der Waals surface area contributed by atoms with Crippen LogP contribution in [0, 0.1) is 0 Å². The van der Waals surface area contributed by atoms with Crippen molar-refractivity contribution in [1.82, 2.24) is 20.2 Å². The molecule has 2 aromatic heterocycles. The minimum atomic E-state index is 0.362. The van der Waals surface area contributed by atoms with E-state index in [9.17, 15) is 0 Å². The van der Waals surface area contributed by atoms with Gasteiger partial charge in [0.1, 0.15) is 0 Å². The summed E-state index contributed by atoms with van der Waals surface area (Å²) in [5.41, 5.74) is 5.53. The van der Waals surface area contributed by atoms with Crippen molar-refractivity contribution in [2.45, 2.75) is 13.0 Å². The van der Waals surface area contributed by atoms with Crippen molar-refractivity contribution in [3.8, 4) is 0 Å². The fourth-order valence-electron chi connectivity index (χ4n) is 1.07. The first-order valence-electron chi connectivity index (χ1n) is 4.01. The normalized spacial score (nSPS) is 10.6. The third-order valence-corrected chi connectivity index (χ3v) is 3.44. The maximum absolute atomic E-state index is 5.53. The van der Waals surface area contributed by atoms with E-state index >= 15 is 0 Å². The van der Waals surface area contributed by atoms with Crippen LogP contribution in [0.2, 0.25) is 0 Å². The lowest BCUT2D eigenvalue weighted by atomic mass is 10.3. The number of anilines is 1. The van der Waals surface area contributed by atoms with Crippen molar-refractivity contribution in [2.24, 2.45) is 0 Å². The van der Waals surface area contributed by atoms with Crippen LogP contribution < -0.4 is 5.73 Å². The molecule has 0 saturated carbocycles. The van der Waals surface area contributed by atoms with Gasteiger partial charge in [0.15, 0.2) is 0 Å². The van der Waals surface area contributed by atoms with Gasteiger partial charge in [-0.25, -0.2) is 4.68 Å². The molecule has 2 N–H and O–H groups in total. The molecule has 0 spiro atoms. The number of nitrogens with two attached hydrogens (primary N) is 1. The zero-order valence-electron chi connectivity index (χ0n) is 7.22. The summed E-state index contributed by atoms with van der Waals surface area (Å²) in [7, 11) is 0. The molecule has 74 valence electrons. The molecule has 7 heteroatoms. The lowest BCUT2D eigenvalue weighted by Crippen LogP contribution is -2.06. The van der Waals surface area contributed by atoms with Crippen LogP contribution in [0.3, 0.4) is 0 Å². The van der Waals surface area contributed by atoms with Crippen molar-refractivity contribution in [3.05, 3.63) is 20.8 Å². The number of hydrogen-bond acceptors (Lipinski definition) is 5. The van der Waals surface area contributed by atoms with E-state index in [1.165, 1.54) is 4.88 Å². The second-order valence-electron chi connectivity index (χ2n) is 2.72. The van der Waals surface area contributed by atoms with Crippen molar-refractivity contribution in [3.63, 3.8) is 0 Å². The van der Waals surface area contributed by atoms with E-state index in [0.717, 1.165) is 10.2 Å². The van der Waals surface area contributed by atoms with Crippen LogP contribution in [0.4, 0.5) is 5.95 Å². The lowest BCUT2D eigenvalue weighted by Gasteiger charge is -1.98. The summed E-state index contributed by atoms with van der Waals surface area (Å²) in [6.45, 7) is 0.714. The highest BCUT2D eigenvalue weighted by atomic mass is 79.9. The Hall–Kier alpha value is -0.950. The summed E-state index contributed by atoms with van der Waals surface area (Å²) in [6, 6.07) is 4.11. The number of nitrogen functional groups attached to an aromatic ring is 1. The lowest BCUT2D eigenvalue weighted by molar-refractivity contribution is 0.598. The third kappa shape index (κ3) is 2.10. The first-order chi connectivity index (χ1) is 6.75. The molecule has 0 unspecified atom stereocenters. The van der Waals surface area contributed by atoms with E-state index in [0.29, 0.717) is 12.5 Å². The largest absolute Gasteiger partial charge is 0.367 e. The van der Waals surface area contributed by atoms with Gasteiger partial charge in [0, 0.05) is 11.3 Å². The van der Waals surface area contributed by atoms with Crippen molar-refractivity contribution >= 4 is 33.2 Å². The quantitative estimate of drug-likeness (QED) is 0.916. The summed E-state index contributed by atoms with van der Waals surface area (Å²) in [4.78, 5) is 1.28. The van der Waals surface area contributed by atoms with Crippen LogP contribution in [0.5, 0.6) is 0 Å². The topological polar surface area (TPSA) is 69.6 Å². The minimum Gasteiger partial charge on any atom is -0.367 e. The highest BCUT2D eigenvalue weighted by Crippen LogP contribution is 2.22. The second kappa shape index (κ2) is 4.05. The van der Waals surface area contributed by atoms with Crippen LogP contribution in [0.15, 0.2) is 15.9 Å². The molecule has 0 aliphatic carbocycles. The van der Waals surface area contributed by atoms with E-state index < -0.39 is 0 Å². The molecular formula is C7H8BrN5S. The molecule has 0 saturated heterocycles. The Labute approximate surface area is 93.0 Å². The molecule has 0 bridgehead atoms. The fourth-order valence-corrected chi connectivity index (χ4v) is 2.54. The van der Waals surface area contributed by atoms with Gasteiger partial charge < -0.3 is 5.73 Å². The molecule has 14 heavy (non-hydrogen) atoms. The number of aryl methyl sites for hydroxylation is 2. The van der Waals surface area contributed by atoms with Crippen molar-refractivity contribution < 1.29 is 0 Å². The highest BCUT2D eigenvalue weighted by molar-refractivity contribution is 9.11. The van der Waals surface area contributed by atoms with Gasteiger partial charge in [0.2, 0.25) is 5.95 Å². The Bertz CT molecular complexity index is 423. The smallest absolute Gasteiger partial charge is 0.240 e. The van der Waals surface area contributed by atoms with Gasteiger partial charge in [-0.3, -0.25) is 0 Å². The molecule has 0 amide bonds. The first-order valence-corrected chi connectivity index (χ1v) is 5.62. The molecule has 0 aliphatic rings. The summed E-state index contributed by atoms with van der Waals surface area (Å²) in [6.07, 6.45) is 0.894. The van der Waals surface area contributed by atoms with Gasteiger partial charge in [-0.1, -0.05) is 5.10 Å². The molecule has 2 rings (SSSR count). The summed E-state index contributed by atoms with van der Waals surface area (Å²) in [5.74, 6) is 0.362. The molecule has 2 heterocycles. The molecular weight excluding hydrogens is 266 g/mol. The van der Waals surface area contributed by atoms with Crippen LogP contribution in [0.25, 0.3) is 0 Å². The molecule has 0 fully saturated rings. The van der Waals surface area contributed by atoms with Crippen molar-refractivity contribution in [1.29, 1.82) is 0 Å². The van der Waals surface area contributed by atoms with E-state index in [-0.39, 0.29) is 0 Å².